The summed E-state index contributed by atoms with van der Waals surface area (Å²) in [7, 11) is 0. The third-order valence-electron chi connectivity index (χ3n) is 4.43. The van der Waals surface area contributed by atoms with E-state index in [2.05, 4.69) is 14.7 Å². The Morgan fingerprint density at radius 1 is 1.31 bits per heavy atom. The van der Waals surface area contributed by atoms with Gasteiger partial charge in [0.05, 0.1) is 16.8 Å². The highest BCUT2D eigenvalue weighted by atomic mass is 32.1. The number of amides is 1. The van der Waals surface area contributed by atoms with Crippen LogP contribution in [0.4, 0.5) is 18.3 Å². The standard InChI is InChI=1S/C18H16F3N3O3S2/c19-18(20,21)27-12-1-2-13-14(9-12)29-17(23-13)24(10-15-22-5-8-28-15)16(25)11-3-6-26-7-4-11/h1-2,5,8-9,11H,3-4,6-7,10H2. The third-order valence-corrected chi connectivity index (χ3v) is 6.23. The number of fused-ring (bicyclic) bond motifs is 1. The van der Waals surface area contributed by atoms with Crippen LogP contribution in [0.3, 0.4) is 0 Å². The fourth-order valence-electron chi connectivity index (χ4n) is 3.08. The van der Waals surface area contributed by atoms with Gasteiger partial charge in [0.2, 0.25) is 5.91 Å². The zero-order valence-corrected chi connectivity index (χ0v) is 16.6. The molecule has 0 unspecified atom stereocenters. The van der Waals surface area contributed by atoms with Crippen molar-refractivity contribution in [1.82, 2.24) is 9.97 Å². The molecule has 1 aromatic carbocycles. The van der Waals surface area contributed by atoms with Gasteiger partial charge in [0, 0.05) is 36.8 Å². The second kappa shape index (κ2) is 8.25. The molecule has 0 N–H and O–H groups in total. The normalized spacial score (nSPS) is 15.6. The Morgan fingerprint density at radius 2 is 2.10 bits per heavy atom. The lowest BCUT2D eigenvalue weighted by Crippen LogP contribution is -2.38. The Kier molecular flexibility index (Phi) is 5.70. The van der Waals surface area contributed by atoms with E-state index in [0.29, 0.717) is 41.4 Å². The maximum Gasteiger partial charge on any atom is 0.573 e. The topological polar surface area (TPSA) is 64.5 Å². The summed E-state index contributed by atoms with van der Waals surface area (Å²) in [5, 5.41) is 3.01. The van der Waals surface area contributed by atoms with E-state index in [4.69, 9.17) is 4.74 Å². The van der Waals surface area contributed by atoms with Crippen molar-refractivity contribution >= 4 is 43.9 Å². The Morgan fingerprint density at radius 3 is 2.79 bits per heavy atom. The molecule has 1 aliphatic heterocycles. The minimum atomic E-state index is -4.77. The second-order valence-corrected chi connectivity index (χ2v) is 8.40. The molecule has 0 spiro atoms. The van der Waals surface area contributed by atoms with Crippen LogP contribution in [-0.2, 0) is 16.1 Å². The number of hydrogen-bond acceptors (Lipinski definition) is 7. The van der Waals surface area contributed by atoms with Crippen LogP contribution in [-0.4, -0.2) is 35.5 Å². The first-order chi connectivity index (χ1) is 13.9. The van der Waals surface area contributed by atoms with E-state index in [1.165, 1.54) is 29.5 Å². The highest BCUT2D eigenvalue weighted by molar-refractivity contribution is 7.22. The number of carbonyl (C=O) groups is 1. The summed E-state index contributed by atoms with van der Waals surface area (Å²) in [6.45, 7) is 1.32. The first kappa shape index (κ1) is 20.0. The minimum absolute atomic E-state index is 0.0747. The summed E-state index contributed by atoms with van der Waals surface area (Å²) < 4.78 is 47.3. The molecule has 2 aromatic heterocycles. The molecule has 1 amide bonds. The van der Waals surface area contributed by atoms with Gasteiger partial charge in [0.1, 0.15) is 10.8 Å². The average molecular weight is 443 g/mol. The number of ether oxygens (including phenoxy) is 2. The molecule has 3 aromatic rings. The fourth-order valence-corrected chi connectivity index (χ4v) is 4.68. The van der Waals surface area contributed by atoms with E-state index in [-0.39, 0.29) is 24.1 Å². The molecule has 6 nitrogen and oxygen atoms in total. The van der Waals surface area contributed by atoms with E-state index in [0.717, 1.165) is 16.3 Å². The van der Waals surface area contributed by atoms with Gasteiger partial charge in [0.25, 0.3) is 0 Å². The Bertz CT molecular complexity index is 985. The predicted molar refractivity (Wildman–Crippen MR) is 103 cm³/mol. The van der Waals surface area contributed by atoms with Crippen LogP contribution in [0.25, 0.3) is 10.2 Å². The van der Waals surface area contributed by atoms with E-state index in [9.17, 15) is 18.0 Å². The molecular formula is C18H16F3N3O3S2. The molecule has 3 heterocycles. The zero-order valence-electron chi connectivity index (χ0n) is 15.0. The van der Waals surface area contributed by atoms with Crippen molar-refractivity contribution in [2.24, 2.45) is 5.92 Å². The number of benzene rings is 1. The third kappa shape index (κ3) is 4.85. The smallest absolute Gasteiger partial charge is 0.406 e. The lowest BCUT2D eigenvalue weighted by atomic mass is 9.99. The maximum atomic E-state index is 13.2. The van der Waals surface area contributed by atoms with Gasteiger partial charge in [-0.15, -0.1) is 24.5 Å². The molecule has 0 atom stereocenters. The van der Waals surface area contributed by atoms with Gasteiger partial charge in [0.15, 0.2) is 5.13 Å². The summed E-state index contributed by atoms with van der Waals surface area (Å²) in [5.74, 6) is -0.573. The molecule has 1 aliphatic rings. The summed E-state index contributed by atoms with van der Waals surface area (Å²) >= 11 is 2.58. The van der Waals surface area contributed by atoms with Crippen LogP contribution >= 0.6 is 22.7 Å². The number of nitrogens with zero attached hydrogens (tertiary/aromatic N) is 3. The molecule has 0 bridgehead atoms. The summed E-state index contributed by atoms with van der Waals surface area (Å²) in [4.78, 5) is 23.5. The lowest BCUT2D eigenvalue weighted by molar-refractivity contribution is -0.274. The van der Waals surface area contributed by atoms with Crippen molar-refractivity contribution in [2.75, 3.05) is 18.1 Å². The average Bonchev–Trinajstić information content (AvgIpc) is 3.34. The largest absolute Gasteiger partial charge is 0.573 e. The Balaban J connectivity index is 1.65. The van der Waals surface area contributed by atoms with Crippen LogP contribution in [0.2, 0.25) is 0 Å². The maximum absolute atomic E-state index is 13.2. The van der Waals surface area contributed by atoms with Crippen LogP contribution < -0.4 is 9.64 Å². The van der Waals surface area contributed by atoms with E-state index >= 15 is 0 Å². The lowest BCUT2D eigenvalue weighted by Gasteiger charge is -2.27. The number of thiazole rings is 2. The predicted octanol–water partition coefficient (Wildman–Crippen LogP) is 4.61. The SMILES string of the molecule is O=C(C1CCOCC1)N(Cc1nccs1)c1nc2ccc(OC(F)(F)F)cc2s1. The second-order valence-electron chi connectivity index (χ2n) is 6.41. The minimum Gasteiger partial charge on any atom is -0.406 e. The molecule has 4 rings (SSSR count). The van der Waals surface area contributed by atoms with E-state index in [1.807, 2.05) is 5.38 Å². The number of alkyl halides is 3. The zero-order chi connectivity index (χ0) is 20.4. The summed E-state index contributed by atoms with van der Waals surface area (Å²) in [6, 6.07) is 3.95. The summed E-state index contributed by atoms with van der Waals surface area (Å²) in [5.41, 5.74) is 0.503. The molecule has 0 saturated carbocycles. The monoisotopic (exact) mass is 443 g/mol. The molecule has 0 aliphatic carbocycles. The highest BCUT2D eigenvalue weighted by Crippen LogP contribution is 2.35. The molecule has 1 fully saturated rings. The van der Waals surface area contributed by atoms with Crippen LogP contribution in [0.15, 0.2) is 29.8 Å². The van der Waals surface area contributed by atoms with Gasteiger partial charge in [-0.2, -0.15) is 0 Å². The molecule has 11 heteroatoms. The fraction of sp³-hybridized carbons (Fsp3) is 0.389. The van der Waals surface area contributed by atoms with Crippen molar-refractivity contribution in [1.29, 1.82) is 0 Å². The first-order valence-corrected chi connectivity index (χ1v) is 10.5. The van der Waals surface area contributed by atoms with Crippen molar-refractivity contribution in [2.45, 2.75) is 25.7 Å². The molecule has 154 valence electrons. The van der Waals surface area contributed by atoms with Gasteiger partial charge in [-0.25, -0.2) is 9.97 Å². The van der Waals surface area contributed by atoms with E-state index in [1.54, 1.807) is 11.1 Å². The van der Waals surface area contributed by atoms with Crippen LogP contribution in [0.5, 0.6) is 5.75 Å². The molecular weight excluding hydrogens is 427 g/mol. The van der Waals surface area contributed by atoms with Gasteiger partial charge < -0.3 is 9.47 Å². The van der Waals surface area contributed by atoms with Gasteiger partial charge in [-0.05, 0) is 25.0 Å². The van der Waals surface area contributed by atoms with Crippen LogP contribution in [0, 0.1) is 5.92 Å². The van der Waals surface area contributed by atoms with Crippen molar-refractivity contribution in [3.05, 3.63) is 34.8 Å². The number of aromatic nitrogens is 2. The van der Waals surface area contributed by atoms with Gasteiger partial charge in [-0.1, -0.05) is 11.3 Å². The first-order valence-electron chi connectivity index (χ1n) is 8.83. The van der Waals surface area contributed by atoms with Crippen LogP contribution in [0.1, 0.15) is 17.8 Å². The highest BCUT2D eigenvalue weighted by Gasteiger charge is 2.32. The molecule has 29 heavy (non-hydrogen) atoms. The van der Waals surface area contributed by atoms with E-state index < -0.39 is 6.36 Å². The number of halogens is 3. The number of rotatable bonds is 5. The van der Waals surface area contributed by atoms with Crippen molar-refractivity contribution in [3.63, 3.8) is 0 Å². The Labute approximate surface area is 171 Å². The summed E-state index contributed by atoms with van der Waals surface area (Å²) in [6.07, 6.45) is -1.85. The Hall–Kier alpha value is -2.24. The van der Waals surface area contributed by atoms with Crippen molar-refractivity contribution in [3.8, 4) is 5.75 Å². The van der Waals surface area contributed by atoms with Crippen molar-refractivity contribution < 1.29 is 27.4 Å². The molecule has 0 radical (unpaired) electrons. The molecule has 1 saturated heterocycles. The quantitative estimate of drug-likeness (QED) is 0.576. The van der Waals surface area contributed by atoms with Gasteiger partial charge >= 0.3 is 6.36 Å². The number of anilines is 1. The number of carbonyl (C=O) groups excluding carboxylic acids is 1. The van der Waals surface area contributed by atoms with Gasteiger partial charge in [-0.3, -0.25) is 9.69 Å². The number of hydrogen-bond donors (Lipinski definition) is 0.